The highest BCUT2D eigenvalue weighted by atomic mass is 14.3. The maximum atomic E-state index is 2.37. The topological polar surface area (TPSA) is 0 Å². The minimum Gasteiger partial charge on any atom is -0.0590 e. The van der Waals surface area contributed by atoms with E-state index in [1.54, 1.807) is 0 Å². The van der Waals surface area contributed by atoms with E-state index in [1.165, 1.54) is 24.0 Å². The molecule has 1 saturated carbocycles. The molecule has 0 aromatic heterocycles. The molecule has 0 bridgehead atoms. The standard InChI is InChI=1S/C11H13/c1-9-2-4-10(5-3-9)8-11-6-7-11/h2-5,8,11H,6-7H2,1H3. The van der Waals surface area contributed by atoms with Gasteiger partial charge in [-0.3, -0.25) is 0 Å². The van der Waals surface area contributed by atoms with Crippen LogP contribution in [0, 0.1) is 19.3 Å². The van der Waals surface area contributed by atoms with Gasteiger partial charge in [0.05, 0.1) is 0 Å². The lowest BCUT2D eigenvalue weighted by Gasteiger charge is -1.98. The molecule has 0 spiro atoms. The molecule has 1 aliphatic carbocycles. The zero-order valence-electron chi connectivity index (χ0n) is 6.88. The first-order valence-electron chi connectivity index (χ1n) is 4.26. The highest BCUT2D eigenvalue weighted by Crippen LogP contribution is 2.34. The predicted molar refractivity (Wildman–Crippen MR) is 47.3 cm³/mol. The Morgan fingerprint density at radius 3 is 2.36 bits per heavy atom. The van der Waals surface area contributed by atoms with Crippen LogP contribution in [0.5, 0.6) is 0 Å². The van der Waals surface area contributed by atoms with Gasteiger partial charge < -0.3 is 0 Å². The SMILES string of the molecule is Cc1ccc([CH]C2CC2)cc1. The van der Waals surface area contributed by atoms with Crippen LogP contribution in [0.4, 0.5) is 0 Å². The van der Waals surface area contributed by atoms with Gasteiger partial charge in [-0.1, -0.05) is 29.8 Å². The Balaban J connectivity index is 2.06. The summed E-state index contributed by atoms with van der Waals surface area (Å²) in [5.41, 5.74) is 2.73. The van der Waals surface area contributed by atoms with Crippen LogP contribution in [-0.4, -0.2) is 0 Å². The third-order valence-corrected chi connectivity index (χ3v) is 2.13. The second-order valence-corrected chi connectivity index (χ2v) is 3.41. The normalized spacial score (nSPS) is 16.8. The summed E-state index contributed by atoms with van der Waals surface area (Å²) in [4.78, 5) is 0. The van der Waals surface area contributed by atoms with Crippen molar-refractivity contribution in [2.75, 3.05) is 0 Å². The molecule has 1 radical (unpaired) electrons. The van der Waals surface area contributed by atoms with Crippen molar-refractivity contribution in [3.63, 3.8) is 0 Å². The Hall–Kier alpha value is -0.780. The Morgan fingerprint density at radius 2 is 1.82 bits per heavy atom. The van der Waals surface area contributed by atoms with E-state index in [-0.39, 0.29) is 0 Å². The number of rotatable bonds is 2. The molecular weight excluding hydrogens is 132 g/mol. The summed E-state index contributed by atoms with van der Waals surface area (Å²) in [6, 6.07) is 8.75. The number of aryl methyl sites for hydroxylation is 1. The van der Waals surface area contributed by atoms with Crippen LogP contribution in [0.1, 0.15) is 24.0 Å². The van der Waals surface area contributed by atoms with Crippen molar-refractivity contribution >= 4 is 0 Å². The van der Waals surface area contributed by atoms with Gasteiger partial charge in [-0.2, -0.15) is 0 Å². The van der Waals surface area contributed by atoms with Gasteiger partial charge in [-0.25, -0.2) is 0 Å². The number of hydrogen-bond donors (Lipinski definition) is 0. The number of benzene rings is 1. The first-order chi connectivity index (χ1) is 5.34. The van der Waals surface area contributed by atoms with E-state index in [0.717, 1.165) is 5.92 Å². The minimum atomic E-state index is 0.887. The number of hydrogen-bond acceptors (Lipinski definition) is 0. The molecule has 1 fully saturated rings. The summed E-state index contributed by atoms with van der Waals surface area (Å²) < 4.78 is 0. The monoisotopic (exact) mass is 145 g/mol. The second-order valence-electron chi connectivity index (χ2n) is 3.41. The summed E-state index contributed by atoms with van der Waals surface area (Å²) >= 11 is 0. The van der Waals surface area contributed by atoms with Crippen molar-refractivity contribution in [2.24, 2.45) is 5.92 Å². The molecule has 0 atom stereocenters. The van der Waals surface area contributed by atoms with Crippen LogP contribution in [0.2, 0.25) is 0 Å². The molecule has 2 rings (SSSR count). The van der Waals surface area contributed by atoms with Crippen LogP contribution < -0.4 is 0 Å². The largest absolute Gasteiger partial charge is 0.0590 e. The lowest BCUT2D eigenvalue weighted by atomic mass is 10.1. The molecule has 0 amide bonds. The van der Waals surface area contributed by atoms with Gasteiger partial charge in [0.1, 0.15) is 0 Å². The van der Waals surface area contributed by atoms with Crippen LogP contribution in [0.25, 0.3) is 0 Å². The molecule has 0 heteroatoms. The highest BCUT2D eigenvalue weighted by molar-refractivity contribution is 5.28. The fourth-order valence-corrected chi connectivity index (χ4v) is 1.21. The molecule has 1 aromatic carbocycles. The molecule has 11 heavy (non-hydrogen) atoms. The van der Waals surface area contributed by atoms with Crippen molar-refractivity contribution in [1.29, 1.82) is 0 Å². The molecule has 0 heterocycles. The molecule has 57 valence electrons. The van der Waals surface area contributed by atoms with Gasteiger partial charge in [0.25, 0.3) is 0 Å². The quantitative estimate of drug-likeness (QED) is 0.600. The van der Waals surface area contributed by atoms with Gasteiger partial charge >= 0.3 is 0 Å². The van der Waals surface area contributed by atoms with Crippen molar-refractivity contribution in [3.8, 4) is 0 Å². The van der Waals surface area contributed by atoms with Crippen LogP contribution in [0.3, 0.4) is 0 Å². The van der Waals surface area contributed by atoms with Gasteiger partial charge in [0, 0.05) is 0 Å². The summed E-state index contributed by atoms with van der Waals surface area (Å²) in [7, 11) is 0. The van der Waals surface area contributed by atoms with E-state index >= 15 is 0 Å². The summed E-state index contributed by atoms with van der Waals surface area (Å²) in [5, 5.41) is 0. The molecule has 0 saturated heterocycles. The predicted octanol–water partition coefficient (Wildman–Crippen LogP) is 2.96. The fourth-order valence-electron chi connectivity index (χ4n) is 1.21. The van der Waals surface area contributed by atoms with Crippen LogP contribution >= 0.6 is 0 Å². The lowest BCUT2D eigenvalue weighted by Crippen LogP contribution is -1.82. The van der Waals surface area contributed by atoms with E-state index in [2.05, 4.69) is 37.6 Å². The van der Waals surface area contributed by atoms with Crippen molar-refractivity contribution in [2.45, 2.75) is 19.8 Å². The van der Waals surface area contributed by atoms with E-state index in [9.17, 15) is 0 Å². The second kappa shape index (κ2) is 2.69. The molecule has 1 aromatic rings. The molecule has 0 aliphatic heterocycles. The zero-order valence-corrected chi connectivity index (χ0v) is 6.88. The lowest BCUT2D eigenvalue weighted by molar-refractivity contribution is 1.02. The zero-order chi connectivity index (χ0) is 7.68. The summed E-state index contributed by atoms with van der Waals surface area (Å²) in [5.74, 6) is 0.887. The molecular formula is C11H13. The van der Waals surface area contributed by atoms with Gasteiger partial charge in [0.15, 0.2) is 0 Å². The van der Waals surface area contributed by atoms with Gasteiger partial charge in [0.2, 0.25) is 0 Å². The average Bonchev–Trinajstić information content (AvgIpc) is 2.78. The molecule has 0 N–H and O–H groups in total. The molecule has 0 unspecified atom stereocenters. The Bertz CT molecular complexity index is 229. The van der Waals surface area contributed by atoms with Crippen molar-refractivity contribution in [3.05, 3.63) is 41.8 Å². The Morgan fingerprint density at radius 1 is 1.18 bits per heavy atom. The van der Waals surface area contributed by atoms with Crippen molar-refractivity contribution < 1.29 is 0 Å². The van der Waals surface area contributed by atoms with Gasteiger partial charge in [-0.05, 0) is 37.7 Å². The molecule has 0 nitrogen and oxygen atoms in total. The highest BCUT2D eigenvalue weighted by Gasteiger charge is 2.21. The summed E-state index contributed by atoms with van der Waals surface area (Å²) in [6.07, 6.45) is 5.17. The maximum Gasteiger partial charge on any atom is -0.00621 e. The van der Waals surface area contributed by atoms with E-state index in [4.69, 9.17) is 0 Å². The fraction of sp³-hybridized carbons (Fsp3) is 0.364. The Kier molecular flexibility index (Phi) is 1.69. The first kappa shape index (κ1) is 6.90. The molecule has 1 aliphatic rings. The van der Waals surface area contributed by atoms with E-state index in [0.29, 0.717) is 0 Å². The Labute approximate surface area is 68.3 Å². The first-order valence-corrected chi connectivity index (χ1v) is 4.26. The van der Waals surface area contributed by atoms with Gasteiger partial charge in [-0.15, -0.1) is 0 Å². The van der Waals surface area contributed by atoms with E-state index in [1.807, 2.05) is 0 Å². The third-order valence-electron chi connectivity index (χ3n) is 2.13. The summed E-state index contributed by atoms with van der Waals surface area (Å²) in [6.45, 7) is 2.13. The third kappa shape index (κ3) is 1.83. The average molecular weight is 145 g/mol. The minimum absolute atomic E-state index is 0.887. The van der Waals surface area contributed by atoms with Crippen molar-refractivity contribution in [1.82, 2.24) is 0 Å². The maximum absolute atomic E-state index is 2.37. The van der Waals surface area contributed by atoms with Crippen LogP contribution in [0.15, 0.2) is 24.3 Å². The van der Waals surface area contributed by atoms with Crippen LogP contribution in [-0.2, 0) is 0 Å². The smallest absolute Gasteiger partial charge is 0.00621 e. The van der Waals surface area contributed by atoms with E-state index < -0.39 is 0 Å².